The fraction of sp³-hybridized carbons (Fsp3) is 0.579. The van der Waals surface area contributed by atoms with Gasteiger partial charge in [-0.1, -0.05) is 11.6 Å². The highest BCUT2D eigenvalue weighted by Crippen LogP contribution is 2.26. The molecule has 10 heteroatoms. The van der Waals surface area contributed by atoms with E-state index in [1.165, 1.54) is 32.3 Å². The Morgan fingerprint density at radius 3 is 2.52 bits per heavy atom. The van der Waals surface area contributed by atoms with Gasteiger partial charge in [0.1, 0.15) is 0 Å². The lowest BCUT2D eigenvalue weighted by molar-refractivity contribution is -0.149. The van der Waals surface area contributed by atoms with Crippen LogP contribution in [0.2, 0.25) is 5.02 Å². The average molecular weight is 446 g/mol. The summed E-state index contributed by atoms with van der Waals surface area (Å²) in [6.45, 7) is 4.19. The largest absolute Gasteiger partial charge is 0.466 e. The topological polar surface area (TPSA) is 96.0 Å². The van der Waals surface area contributed by atoms with Crippen molar-refractivity contribution in [2.45, 2.75) is 31.1 Å². The normalized spacial score (nSPS) is 16.0. The van der Waals surface area contributed by atoms with E-state index in [1.807, 2.05) is 0 Å². The lowest BCUT2D eigenvalue weighted by atomic mass is 9.97. The van der Waals surface area contributed by atoms with E-state index in [4.69, 9.17) is 16.3 Å². The molecule has 0 aliphatic carbocycles. The Balaban J connectivity index is 1.88. The maximum absolute atomic E-state index is 12.3. The average Bonchev–Trinajstić information content (AvgIpc) is 2.68. The number of piperidine rings is 1. The molecule has 1 amide bonds. The highest BCUT2D eigenvalue weighted by atomic mass is 35.5. The molecule has 0 saturated carbocycles. The fourth-order valence-corrected chi connectivity index (χ4v) is 4.19. The Kier molecular flexibility index (Phi) is 8.45. The number of likely N-dealkylation sites (tertiary alicyclic amines) is 1. The summed E-state index contributed by atoms with van der Waals surface area (Å²) in [5, 5.41) is 2.96. The first-order valence-electron chi connectivity index (χ1n) is 9.56. The van der Waals surface area contributed by atoms with Gasteiger partial charge in [-0.3, -0.25) is 9.59 Å². The second-order valence-electron chi connectivity index (χ2n) is 7.10. The number of nitrogens with one attached hydrogen (secondary N) is 1. The summed E-state index contributed by atoms with van der Waals surface area (Å²) in [5.41, 5.74) is 0.264. The molecule has 29 heavy (non-hydrogen) atoms. The number of ether oxygens (including phenoxy) is 1. The molecule has 1 aromatic carbocycles. The number of nitrogens with zero attached hydrogens (tertiary/aromatic N) is 2. The van der Waals surface area contributed by atoms with Crippen molar-refractivity contribution >= 4 is 39.2 Å². The van der Waals surface area contributed by atoms with Crippen molar-refractivity contribution in [3.63, 3.8) is 0 Å². The number of carbonyl (C=O) groups is 2. The number of amides is 1. The van der Waals surface area contributed by atoms with Crippen LogP contribution in [-0.2, 0) is 24.3 Å². The number of sulfonamides is 1. The van der Waals surface area contributed by atoms with Crippen LogP contribution in [0.3, 0.4) is 0 Å². The summed E-state index contributed by atoms with van der Waals surface area (Å²) in [7, 11) is -0.745. The lowest BCUT2D eigenvalue weighted by Gasteiger charge is -2.30. The van der Waals surface area contributed by atoms with Crippen LogP contribution in [0.1, 0.15) is 26.2 Å². The number of carbonyl (C=O) groups excluding carboxylic acids is 2. The summed E-state index contributed by atoms with van der Waals surface area (Å²) in [6.07, 6.45) is 1.68. The molecule has 0 aromatic heterocycles. The van der Waals surface area contributed by atoms with Gasteiger partial charge >= 0.3 is 5.97 Å². The molecule has 1 saturated heterocycles. The van der Waals surface area contributed by atoms with Crippen LogP contribution < -0.4 is 5.32 Å². The van der Waals surface area contributed by atoms with Crippen molar-refractivity contribution in [1.29, 1.82) is 0 Å². The van der Waals surface area contributed by atoms with Gasteiger partial charge in [0.05, 0.1) is 28.1 Å². The predicted molar refractivity (Wildman–Crippen MR) is 111 cm³/mol. The smallest absolute Gasteiger partial charge is 0.309 e. The summed E-state index contributed by atoms with van der Waals surface area (Å²) in [5.74, 6) is -0.467. The van der Waals surface area contributed by atoms with Crippen LogP contribution in [0, 0.1) is 5.92 Å². The number of hydrogen-bond acceptors (Lipinski definition) is 6. The first-order chi connectivity index (χ1) is 13.6. The van der Waals surface area contributed by atoms with E-state index < -0.39 is 10.0 Å². The van der Waals surface area contributed by atoms with Gasteiger partial charge in [-0.05, 0) is 51.1 Å². The van der Waals surface area contributed by atoms with E-state index in [-0.39, 0.29) is 39.8 Å². The van der Waals surface area contributed by atoms with Crippen molar-refractivity contribution in [2.75, 3.05) is 45.7 Å². The van der Waals surface area contributed by atoms with Gasteiger partial charge in [-0.15, -0.1) is 0 Å². The molecule has 0 atom stereocenters. The number of halogens is 1. The van der Waals surface area contributed by atoms with Gasteiger partial charge in [0.2, 0.25) is 15.9 Å². The van der Waals surface area contributed by atoms with E-state index in [2.05, 4.69) is 10.2 Å². The van der Waals surface area contributed by atoms with E-state index in [0.29, 0.717) is 13.2 Å². The first kappa shape index (κ1) is 23.6. The summed E-state index contributed by atoms with van der Waals surface area (Å²) < 4.78 is 30.7. The SMILES string of the molecule is CCOC(=O)C1CCN(CCC(=O)Nc2cc(S(=O)(=O)N(C)C)ccc2Cl)CC1. The van der Waals surface area contributed by atoms with E-state index in [0.717, 1.165) is 30.2 Å². The molecule has 1 N–H and O–H groups in total. The molecule has 0 bridgehead atoms. The highest BCUT2D eigenvalue weighted by Gasteiger charge is 2.26. The van der Waals surface area contributed by atoms with Gasteiger partial charge in [-0.2, -0.15) is 0 Å². The van der Waals surface area contributed by atoms with Gasteiger partial charge in [0.25, 0.3) is 0 Å². The van der Waals surface area contributed by atoms with Crippen LogP contribution in [-0.4, -0.2) is 69.8 Å². The molecule has 1 heterocycles. The summed E-state index contributed by atoms with van der Waals surface area (Å²) in [6, 6.07) is 4.22. The van der Waals surface area contributed by atoms with Crippen LogP contribution in [0.5, 0.6) is 0 Å². The molecule has 0 unspecified atom stereocenters. The molecule has 2 rings (SSSR count). The quantitative estimate of drug-likeness (QED) is 0.616. The van der Waals surface area contributed by atoms with Gasteiger partial charge in [-0.25, -0.2) is 12.7 Å². The zero-order valence-corrected chi connectivity index (χ0v) is 18.6. The standard InChI is InChI=1S/C19H28ClN3O5S/c1-4-28-19(25)14-7-10-23(11-8-14)12-9-18(24)21-17-13-15(5-6-16(17)20)29(26,27)22(2)3/h5-6,13-14H,4,7-12H2,1-3H3,(H,21,24). The van der Waals surface area contributed by atoms with Crippen LogP contribution in [0.4, 0.5) is 5.69 Å². The molecule has 1 fully saturated rings. The van der Waals surface area contributed by atoms with Gasteiger partial charge < -0.3 is 15.0 Å². The minimum Gasteiger partial charge on any atom is -0.466 e. The first-order valence-corrected chi connectivity index (χ1v) is 11.4. The second kappa shape index (κ2) is 10.4. The molecule has 1 aromatic rings. The van der Waals surface area contributed by atoms with Crippen molar-refractivity contribution in [2.24, 2.45) is 5.92 Å². The molecule has 0 spiro atoms. The lowest BCUT2D eigenvalue weighted by Crippen LogP contribution is -2.38. The van der Waals surface area contributed by atoms with Crippen LogP contribution in [0.25, 0.3) is 0 Å². The van der Waals surface area contributed by atoms with Crippen molar-refractivity contribution in [3.05, 3.63) is 23.2 Å². The molecule has 0 radical (unpaired) electrons. The number of anilines is 1. The molecule has 8 nitrogen and oxygen atoms in total. The van der Waals surface area contributed by atoms with Crippen LogP contribution in [0.15, 0.2) is 23.1 Å². The minimum atomic E-state index is -3.62. The molecule has 1 aliphatic rings. The fourth-order valence-electron chi connectivity index (χ4n) is 3.10. The predicted octanol–water partition coefficient (Wildman–Crippen LogP) is 2.19. The maximum Gasteiger partial charge on any atom is 0.309 e. The Hall–Kier alpha value is -1.68. The third kappa shape index (κ3) is 6.40. The second-order valence-corrected chi connectivity index (χ2v) is 9.65. The Labute approximate surface area is 177 Å². The Bertz CT molecular complexity index is 836. The minimum absolute atomic E-state index is 0.0586. The van der Waals surface area contributed by atoms with Gasteiger partial charge in [0, 0.05) is 27.1 Å². The van der Waals surface area contributed by atoms with E-state index in [9.17, 15) is 18.0 Å². The number of rotatable bonds is 8. The number of esters is 1. The Morgan fingerprint density at radius 2 is 1.93 bits per heavy atom. The molecule has 162 valence electrons. The molecular formula is C19H28ClN3O5S. The van der Waals surface area contributed by atoms with Gasteiger partial charge in [0.15, 0.2) is 0 Å². The summed E-state index contributed by atoms with van der Waals surface area (Å²) >= 11 is 6.11. The number of benzene rings is 1. The van der Waals surface area contributed by atoms with E-state index in [1.54, 1.807) is 6.92 Å². The molecule has 1 aliphatic heterocycles. The zero-order chi connectivity index (χ0) is 21.6. The third-order valence-corrected chi connectivity index (χ3v) is 6.99. The van der Waals surface area contributed by atoms with Crippen molar-refractivity contribution < 1.29 is 22.7 Å². The van der Waals surface area contributed by atoms with E-state index >= 15 is 0 Å². The van der Waals surface area contributed by atoms with Crippen molar-refractivity contribution in [3.8, 4) is 0 Å². The van der Waals surface area contributed by atoms with Crippen LogP contribution >= 0.6 is 11.6 Å². The zero-order valence-electron chi connectivity index (χ0n) is 17.0. The Morgan fingerprint density at radius 1 is 1.28 bits per heavy atom. The summed E-state index contributed by atoms with van der Waals surface area (Å²) in [4.78, 5) is 26.3. The maximum atomic E-state index is 12.3. The van der Waals surface area contributed by atoms with Crippen molar-refractivity contribution in [1.82, 2.24) is 9.21 Å². The molecular weight excluding hydrogens is 418 g/mol. The third-order valence-electron chi connectivity index (χ3n) is 4.85. The highest BCUT2D eigenvalue weighted by molar-refractivity contribution is 7.89. The monoisotopic (exact) mass is 445 g/mol. The number of hydrogen-bond donors (Lipinski definition) is 1.